The Labute approximate surface area is 111 Å². The molecule has 0 aromatic heterocycles. The van der Waals surface area contributed by atoms with Crippen LogP contribution in [-0.4, -0.2) is 19.6 Å². The maximum Gasteiger partial charge on any atom is 0.0366 e. The van der Waals surface area contributed by atoms with Gasteiger partial charge < -0.3 is 10.2 Å². The smallest absolute Gasteiger partial charge is 0.0366 e. The number of hydrogen-bond acceptors (Lipinski definition) is 2. The highest BCUT2D eigenvalue weighted by Gasteiger charge is 2.25. The summed E-state index contributed by atoms with van der Waals surface area (Å²) in [6.07, 6.45) is 2.60. The maximum atomic E-state index is 3.36. The Morgan fingerprint density at radius 2 is 1.72 bits per heavy atom. The molecule has 1 N–H and O–H groups in total. The first-order valence-electron chi connectivity index (χ1n) is 7.15. The van der Waals surface area contributed by atoms with Crippen LogP contribution in [0.4, 0.5) is 5.69 Å². The molecule has 1 aromatic rings. The predicted octanol–water partition coefficient (Wildman–Crippen LogP) is 3.42. The van der Waals surface area contributed by atoms with E-state index in [-0.39, 0.29) is 0 Å². The summed E-state index contributed by atoms with van der Waals surface area (Å²) in [4.78, 5) is 2.52. The van der Waals surface area contributed by atoms with Crippen molar-refractivity contribution in [3.8, 4) is 0 Å². The van der Waals surface area contributed by atoms with Gasteiger partial charge in [0, 0.05) is 25.3 Å². The van der Waals surface area contributed by atoms with Gasteiger partial charge in [-0.15, -0.1) is 0 Å². The quantitative estimate of drug-likeness (QED) is 0.875. The third-order valence-corrected chi connectivity index (χ3v) is 4.00. The highest BCUT2D eigenvalue weighted by atomic mass is 15.1. The molecule has 0 bridgehead atoms. The summed E-state index contributed by atoms with van der Waals surface area (Å²) in [6, 6.07) is 9.03. The molecule has 1 fully saturated rings. The fraction of sp³-hybridized carbons (Fsp3) is 0.625. The SMILES string of the molecule is CCNCc1ccc(N2CCC(C)(C)CC2)cc1. The Bertz CT molecular complexity index is 357. The van der Waals surface area contributed by atoms with Crippen LogP contribution in [0.15, 0.2) is 24.3 Å². The molecule has 0 saturated carbocycles. The average Bonchev–Trinajstić information content (AvgIpc) is 2.37. The van der Waals surface area contributed by atoms with Crippen molar-refractivity contribution in [1.29, 1.82) is 0 Å². The van der Waals surface area contributed by atoms with Gasteiger partial charge in [0.25, 0.3) is 0 Å². The molecule has 1 heterocycles. The van der Waals surface area contributed by atoms with Crippen LogP contribution in [0.3, 0.4) is 0 Å². The van der Waals surface area contributed by atoms with Crippen LogP contribution in [0.5, 0.6) is 0 Å². The molecule has 2 nitrogen and oxygen atoms in total. The van der Waals surface area contributed by atoms with Crippen molar-refractivity contribution < 1.29 is 0 Å². The van der Waals surface area contributed by atoms with Crippen LogP contribution in [0.1, 0.15) is 39.2 Å². The molecular formula is C16H26N2. The van der Waals surface area contributed by atoms with Gasteiger partial charge in [0.2, 0.25) is 0 Å². The minimum absolute atomic E-state index is 0.529. The van der Waals surface area contributed by atoms with Gasteiger partial charge in [0.05, 0.1) is 0 Å². The highest BCUT2D eigenvalue weighted by Crippen LogP contribution is 2.32. The molecule has 1 aliphatic heterocycles. The Morgan fingerprint density at radius 3 is 2.28 bits per heavy atom. The molecule has 2 heteroatoms. The summed E-state index contributed by atoms with van der Waals surface area (Å²) in [6.45, 7) is 11.3. The fourth-order valence-corrected chi connectivity index (χ4v) is 2.46. The van der Waals surface area contributed by atoms with Crippen molar-refractivity contribution in [1.82, 2.24) is 5.32 Å². The normalized spacial score (nSPS) is 18.9. The molecule has 1 saturated heterocycles. The number of benzene rings is 1. The van der Waals surface area contributed by atoms with Gasteiger partial charge in [-0.05, 0) is 42.5 Å². The first kappa shape index (κ1) is 13.4. The maximum absolute atomic E-state index is 3.36. The van der Waals surface area contributed by atoms with Gasteiger partial charge in [-0.1, -0.05) is 32.9 Å². The van der Waals surface area contributed by atoms with Crippen LogP contribution in [-0.2, 0) is 6.54 Å². The van der Waals surface area contributed by atoms with Crippen molar-refractivity contribution in [2.45, 2.75) is 40.2 Å². The highest BCUT2D eigenvalue weighted by molar-refractivity contribution is 5.48. The summed E-state index contributed by atoms with van der Waals surface area (Å²) in [5.74, 6) is 0. The largest absolute Gasteiger partial charge is 0.371 e. The third-order valence-electron chi connectivity index (χ3n) is 4.00. The van der Waals surface area contributed by atoms with Gasteiger partial charge in [-0.25, -0.2) is 0 Å². The van der Waals surface area contributed by atoms with Crippen LogP contribution in [0.2, 0.25) is 0 Å². The lowest BCUT2D eigenvalue weighted by Gasteiger charge is -2.38. The molecule has 0 aliphatic carbocycles. The molecule has 1 aromatic carbocycles. The van der Waals surface area contributed by atoms with Crippen molar-refractivity contribution in [3.63, 3.8) is 0 Å². The molecule has 1 aliphatic rings. The predicted molar refractivity (Wildman–Crippen MR) is 79.1 cm³/mol. The summed E-state index contributed by atoms with van der Waals surface area (Å²) in [7, 11) is 0. The lowest BCUT2D eigenvalue weighted by molar-refractivity contribution is 0.280. The van der Waals surface area contributed by atoms with Crippen LogP contribution < -0.4 is 10.2 Å². The van der Waals surface area contributed by atoms with Gasteiger partial charge >= 0.3 is 0 Å². The Balaban J connectivity index is 1.94. The molecule has 100 valence electrons. The number of hydrogen-bond donors (Lipinski definition) is 1. The van der Waals surface area contributed by atoms with E-state index >= 15 is 0 Å². The van der Waals surface area contributed by atoms with Crippen molar-refractivity contribution in [2.24, 2.45) is 5.41 Å². The molecular weight excluding hydrogens is 220 g/mol. The van der Waals surface area contributed by atoms with E-state index in [2.05, 4.69) is 55.3 Å². The van der Waals surface area contributed by atoms with Crippen molar-refractivity contribution in [2.75, 3.05) is 24.5 Å². The zero-order chi connectivity index (χ0) is 13.0. The molecule has 0 atom stereocenters. The Morgan fingerprint density at radius 1 is 1.11 bits per heavy atom. The second-order valence-corrected chi connectivity index (χ2v) is 6.10. The molecule has 0 unspecified atom stereocenters. The van der Waals surface area contributed by atoms with Gasteiger partial charge in [-0.2, -0.15) is 0 Å². The zero-order valence-electron chi connectivity index (χ0n) is 12.0. The number of nitrogens with zero attached hydrogens (tertiary/aromatic N) is 1. The van der Waals surface area contributed by atoms with Crippen LogP contribution >= 0.6 is 0 Å². The summed E-state index contributed by atoms with van der Waals surface area (Å²) in [5, 5.41) is 3.36. The van der Waals surface area contributed by atoms with E-state index < -0.39 is 0 Å². The lowest BCUT2D eigenvalue weighted by atomic mass is 9.82. The minimum atomic E-state index is 0.529. The monoisotopic (exact) mass is 246 g/mol. The molecule has 0 amide bonds. The second-order valence-electron chi connectivity index (χ2n) is 6.10. The molecule has 0 spiro atoms. The summed E-state index contributed by atoms with van der Waals surface area (Å²) < 4.78 is 0. The lowest BCUT2D eigenvalue weighted by Crippen LogP contribution is -2.37. The Hall–Kier alpha value is -1.02. The first-order chi connectivity index (χ1) is 8.61. The average molecular weight is 246 g/mol. The van der Waals surface area contributed by atoms with Gasteiger partial charge in [0.1, 0.15) is 0 Å². The van der Waals surface area contributed by atoms with E-state index in [4.69, 9.17) is 0 Å². The van der Waals surface area contributed by atoms with Crippen LogP contribution in [0, 0.1) is 5.41 Å². The standard InChI is InChI=1S/C16H26N2/c1-4-17-13-14-5-7-15(8-6-14)18-11-9-16(2,3)10-12-18/h5-8,17H,4,9-13H2,1-3H3. The summed E-state index contributed by atoms with van der Waals surface area (Å²) >= 11 is 0. The van der Waals surface area contributed by atoms with Gasteiger partial charge in [0.15, 0.2) is 0 Å². The molecule has 0 radical (unpaired) electrons. The van der Waals surface area contributed by atoms with E-state index in [0.717, 1.165) is 13.1 Å². The van der Waals surface area contributed by atoms with Gasteiger partial charge in [-0.3, -0.25) is 0 Å². The zero-order valence-corrected chi connectivity index (χ0v) is 12.0. The van der Waals surface area contributed by atoms with Crippen LogP contribution in [0.25, 0.3) is 0 Å². The van der Waals surface area contributed by atoms with E-state index in [9.17, 15) is 0 Å². The topological polar surface area (TPSA) is 15.3 Å². The molecule has 18 heavy (non-hydrogen) atoms. The summed E-state index contributed by atoms with van der Waals surface area (Å²) in [5.41, 5.74) is 3.28. The number of anilines is 1. The van der Waals surface area contributed by atoms with Crippen molar-refractivity contribution in [3.05, 3.63) is 29.8 Å². The second kappa shape index (κ2) is 5.75. The minimum Gasteiger partial charge on any atom is -0.371 e. The third kappa shape index (κ3) is 3.49. The van der Waals surface area contributed by atoms with E-state index in [1.165, 1.54) is 37.2 Å². The van der Waals surface area contributed by atoms with E-state index in [0.29, 0.717) is 5.41 Å². The Kier molecular flexibility index (Phi) is 4.28. The molecule has 2 rings (SSSR count). The number of rotatable bonds is 4. The number of nitrogens with one attached hydrogen (secondary N) is 1. The fourth-order valence-electron chi connectivity index (χ4n) is 2.46. The first-order valence-corrected chi connectivity index (χ1v) is 7.15. The van der Waals surface area contributed by atoms with Crippen molar-refractivity contribution >= 4 is 5.69 Å². The van der Waals surface area contributed by atoms with E-state index in [1.54, 1.807) is 0 Å². The van der Waals surface area contributed by atoms with E-state index in [1.807, 2.05) is 0 Å². The number of piperidine rings is 1.